The quantitative estimate of drug-likeness (QED) is 0.436. The topological polar surface area (TPSA) is 91.6 Å². The van der Waals surface area contributed by atoms with Crippen molar-refractivity contribution >= 4 is 28.8 Å². The number of carbonyl (C=O) groups excluding carboxylic acids is 2. The van der Waals surface area contributed by atoms with Crippen molar-refractivity contribution in [2.45, 2.75) is 13.5 Å². The van der Waals surface area contributed by atoms with Crippen molar-refractivity contribution in [1.29, 1.82) is 0 Å². The number of anilines is 1. The summed E-state index contributed by atoms with van der Waals surface area (Å²) in [6.07, 6.45) is 0. The highest BCUT2D eigenvalue weighted by atomic mass is 32.1. The van der Waals surface area contributed by atoms with Gasteiger partial charge in [0.05, 0.1) is 11.4 Å². The van der Waals surface area contributed by atoms with Crippen molar-refractivity contribution in [2.24, 2.45) is 0 Å². The number of amides is 2. The zero-order valence-corrected chi connectivity index (χ0v) is 20.1. The second kappa shape index (κ2) is 10.2. The van der Waals surface area contributed by atoms with Crippen molar-refractivity contribution < 1.29 is 14.1 Å². The summed E-state index contributed by atoms with van der Waals surface area (Å²) >= 11 is 1.39. The van der Waals surface area contributed by atoms with Crippen LogP contribution < -0.4 is 5.32 Å². The van der Waals surface area contributed by atoms with Gasteiger partial charge >= 0.3 is 0 Å². The van der Waals surface area contributed by atoms with Gasteiger partial charge in [0, 0.05) is 43.0 Å². The van der Waals surface area contributed by atoms with Gasteiger partial charge < -0.3 is 14.7 Å². The van der Waals surface area contributed by atoms with E-state index >= 15 is 0 Å². The average molecular weight is 488 g/mol. The van der Waals surface area contributed by atoms with Crippen LogP contribution in [-0.2, 0) is 6.54 Å². The van der Waals surface area contributed by atoms with Crippen LogP contribution in [-0.4, -0.2) is 57.9 Å². The number of nitrogens with one attached hydrogen (secondary N) is 1. The monoisotopic (exact) mass is 487 g/mol. The minimum atomic E-state index is -0.151. The Morgan fingerprint density at radius 2 is 1.74 bits per heavy atom. The first kappa shape index (κ1) is 22.9. The normalized spacial score (nSPS) is 14.1. The number of hydrogen-bond donors (Lipinski definition) is 1. The summed E-state index contributed by atoms with van der Waals surface area (Å²) in [4.78, 5) is 34.4. The molecule has 0 saturated carbocycles. The highest BCUT2D eigenvalue weighted by Crippen LogP contribution is 2.19. The van der Waals surface area contributed by atoms with Crippen molar-refractivity contribution in [2.75, 3.05) is 31.5 Å². The standard InChI is InChI=1S/C26H25N5O3S/c1-18-4-6-19(7-5-18)24-28-23(34-29-24)17-30-12-14-31(15-13-30)26(33)20-8-10-21(11-9-20)27-25(32)22-3-2-16-35-22/h2-11,16H,12-15,17H2,1H3,(H,27,32). The van der Waals surface area contributed by atoms with Crippen LogP contribution in [0, 0.1) is 6.92 Å². The number of aryl methyl sites for hydroxylation is 1. The number of hydrogen-bond acceptors (Lipinski definition) is 7. The Hall–Kier alpha value is -3.82. The third-order valence-electron chi connectivity index (χ3n) is 5.93. The molecule has 0 bridgehead atoms. The van der Waals surface area contributed by atoms with Gasteiger partial charge in [-0.1, -0.05) is 41.1 Å². The van der Waals surface area contributed by atoms with Crippen LogP contribution in [0.5, 0.6) is 0 Å². The van der Waals surface area contributed by atoms with Gasteiger partial charge in [0.25, 0.3) is 11.8 Å². The van der Waals surface area contributed by atoms with Crippen LogP contribution in [0.25, 0.3) is 11.4 Å². The Labute approximate surface area is 207 Å². The van der Waals surface area contributed by atoms with E-state index in [1.54, 1.807) is 30.3 Å². The Bertz CT molecular complexity index is 1290. The first-order valence-electron chi connectivity index (χ1n) is 11.4. The third-order valence-corrected chi connectivity index (χ3v) is 6.80. The Kier molecular flexibility index (Phi) is 6.69. The molecule has 1 N–H and O–H groups in total. The SMILES string of the molecule is Cc1ccc(-c2noc(CN3CCN(C(=O)c4ccc(NC(=O)c5cccs5)cc4)CC3)n2)cc1. The number of nitrogens with zero attached hydrogens (tertiary/aromatic N) is 4. The van der Waals surface area contributed by atoms with Crippen molar-refractivity contribution in [1.82, 2.24) is 19.9 Å². The number of rotatable bonds is 6. The van der Waals surface area contributed by atoms with Crippen LogP contribution in [0.4, 0.5) is 5.69 Å². The van der Waals surface area contributed by atoms with Crippen molar-refractivity contribution in [3.05, 3.63) is 87.9 Å². The lowest BCUT2D eigenvalue weighted by atomic mass is 10.1. The van der Waals surface area contributed by atoms with Gasteiger partial charge in [-0.3, -0.25) is 14.5 Å². The highest BCUT2D eigenvalue weighted by Gasteiger charge is 2.23. The molecule has 2 aromatic heterocycles. The summed E-state index contributed by atoms with van der Waals surface area (Å²) in [7, 11) is 0. The third kappa shape index (κ3) is 5.47. The molecule has 9 heteroatoms. The molecular formula is C26H25N5O3S. The van der Waals surface area contributed by atoms with Crippen LogP contribution in [0.2, 0.25) is 0 Å². The van der Waals surface area contributed by atoms with E-state index in [4.69, 9.17) is 4.52 Å². The fourth-order valence-electron chi connectivity index (χ4n) is 3.92. The fourth-order valence-corrected chi connectivity index (χ4v) is 4.54. The van der Waals surface area contributed by atoms with Gasteiger partial charge in [-0.2, -0.15) is 4.98 Å². The molecule has 0 atom stereocenters. The van der Waals surface area contributed by atoms with Crippen LogP contribution in [0.15, 0.2) is 70.6 Å². The summed E-state index contributed by atoms with van der Waals surface area (Å²) in [5, 5.41) is 8.82. The zero-order valence-electron chi connectivity index (χ0n) is 19.3. The number of carbonyl (C=O) groups is 2. The molecule has 3 heterocycles. The minimum Gasteiger partial charge on any atom is -0.338 e. The van der Waals surface area contributed by atoms with Gasteiger partial charge in [-0.05, 0) is 42.6 Å². The molecule has 8 nitrogen and oxygen atoms in total. The molecule has 1 fully saturated rings. The number of thiophene rings is 1. The molecule has 1 saturated heterocycles. The highest BCUT2D eigenvalue weighted by molar-refractivity contribution is 7.12. The van der Waals surface area contributed by atoms with E-state index in [2.05, 4.69) is 20.4 Å². The molecular weight excluding hydrogens is 462 g/mol. The smallest absolute Gasteiger partial charge is 0.265 e. The van der Waals surface area contributed by atoms with E-state index in [1.165, 1.54) is 16.9 Å². The number of piperazine rings is 1. The van der Waals surface area contributed by atoms with Gasteiger partial charge in [-0.25, -0.2) is 0 Å². The van der Waals surface area contributed by atoms with Crippen molar-refractivity contribution in [3.63, 3.8) is 0 Å². The lowest BCUT2D eigenvalue weighted by Crippen LogP contribution is -2.48. The van der Waals surface area contributed by atoms with Gasteiger partial charge in [-0.15, -0.1) is 11.3 Å². The van der Waals surface area contributed by atoms with Crippen LogP contribution in [0.3, 0.4) is 0 Å². The maximum absolute atomic E-state index is 12.9. The number of aromatic nitrogens is 2. The van der Waals surface area contributed by atoms with Crippen molar-refractivity contribution in [3.8, 4) is 11.4 Å². The summed E-state index contributed by atoms with van der Waals surface area (Å²) in [5.41, 5.74) is 3.38. The maximum Gasteiger partial charge on any atom is 0.265 e. The molecule has 1 aliphatic rings. The summed E-state index contributed by atoms with van der Waals surface area (Å²) in [5.74, 6) is 0.993. The van der Waals surface area contributed by atoms with Gasteiger partial charge in [0.2, 0.25) is 11.7 Å². The minimum absolute atomic E-state index is 0.0137. The molecule has 0 spiro atoms. The van der Waals surface area contributed by atoms with Crippen LogP contribution >= 0.6 is 11.3 Å². The molecule has 0 radical (unpaired) electrons. The summed E-state index contributed by atoms with van der Waals surface area (Å²) in [6.45, 7) is 5.28. The van der Waals surface area contributed by atoms with Gasteiger partial charge in [0.1, 0.15) is 0 Å². The fraction of sp³-hybridized carbons (Fsp3) is 0.231. The van der Waals surface area contributed by atoms with E-state index in [0.29, 0.717) is 47.5 Å². The van der Waals surface area contributed by atoms with Gasteiger partial charge in [0.15, 0.2) is 0 Å². The van der Waals surface area contributed by atoms with Crippen LogP contribution in [0.1, 0.15) is 31.5 Å². The molecule has 178 valence electrons. The second-order valence-corrected chi connectivity index (χ2v) is 9.40. The van der Waals surface area contributed by atoms with E-state index < -0.39 is 0 Å². The predicted octanol–water partition coefficient (Wildman–Crippen LogP) is 4.32. The summed E-state index contributed by atoms with van der Waals surface area (Å²) < 4.78 is 5.45. The second-order valence-electron chi connectivity index (χ2n) is 8.45. The Morgan fingerprint density at radius 3 is 2.43 bits per heavy atom. The molecule has 1 aliphatic heterocycles. The first-order chi connectivity index (χ1) is 17.0. The molecule has 2 amide bonds. The molecule has 4 aromatic rings. The number of benzene rings is 2. The van der Waals surface area contributed by atoms with E-state index in [9.17, 15) is 9.59 Å². The lowest BCUT2D eigenvalue weighted by molar-refractivity contribution is 0.0615. The predicted molar refractivity (Wildman–Crippen MR) is 134 cm³/mol. The largest absolute Gasteiger partial charge is 0.338 e. The molecule has 2 aromatic carbocycles. The maximum atomic E-state index is 12.9. The van der Waals surface area contributed by atoms with E-state index in [0.717, 1.165) is 18.7 Å². The molecule has 5 rings (SSSR count). The lowest BCUT2D eigenvalue weighted by Gasteiger charge is -2.34. The summed E-state index contributed by atoms with van der Waals surface area (Å²) in [6, 6.07) is 18.7. The molecule has 0 aliphatic carbocycles. The molecule has 0 unspecified atom stereocenters. The average Bonchev–Trinajstić information content (AvgIpc) is 3.58. The Balaban J connectivity index is 1.12. The van der Waals surface area contributed by atoms with E-state index in [1.807, 2.05) is 47.5 Å². The first-order valence-corrected chi connectivity index (χ1v) is 12.3. The molecule has 35 heavy (non-hydrogen) atoms. The van der Waals surface area contributed by atoms with E-state index in [-0.39, 0.29) is 11.8 Å². The zero-order chi connectivity index (χ0) is 24.2. The Morgan fingerprint density at radius 1 is 1.00 bits per heavy atom.